The molecule has 0 radical (unpaired) electrons. The SMILES string of the molecule is CCCC(C)(C)CCCC(C)(C)CC. The van der Waals surface area contributed by atoms with E-state index in [0.29, 0.717) is 10.8 Å². The van der Waals surface area contributed by atoms with Gasteiger partial charge in [0.1, 0.15) is 0 Å². The van der Waals surface area contributed by atoms with Gasteiger partial charge in [-0.25, -0.2) is 0 Å². The largest absolute Gasteiger partial charge is 0.0654 e. The summed E-state index contributed by atoms with van der Waals surface area (Å²) in [6.45, 7) is 14.2. The first-order chi connectivity index (χ1) is 6.33. The minimum Gasteiger partial charge on any atom is -0.0654 e. The fraction of sp³-hybridized carbons (Fsp3) is 1.00. The first kappa shape index (κ1) is 14.0. The van der Waals surface area contributed by atoms with Crippen LogP contribution in [0.3, 0.4) is 0 Å². The van der Waals surface area contributed by atoms with Crippen LogP contribution in [0.15, 0.2) is 0 Å². The fourth-order valence-electron chi connectivity index (χ4n) is 2.02. The third-order valence-electron chi connectivity index (χ3n) is 3.59. The molecule has 0 heteroatoms. The molecule has 0 aliphatic heterocycles. The maximum absolute atomic E-state index is 2.41. The van der Waals surface area contributed by atoms with Crippen LogP contribution >= 0.6 is 0 Å². The van der Waals surface area contributed by atoms with Crippen LogP contribution < -0.4 is 0 Å². The van der Waals surface area contributed by atoms with Crippen LogP contribution in [0.4, 0.5) is 0 Å². The molecule has 0 amide bonds. The summed E-state index contributed by atoms with van der Waals surface area (Å²) in [7, 11) is 0. The Morgan fingerprint density at radius 3 is 1.64 bits per heavy atom. The lowest BCUT2D eigenvalue weighted by molar-refractivity contribution is 0.248. The van der Waals surface area contributed by atoms with E-state index >= 15 is 0 Å². The molecule has 0 aromatic heterocycles. The Morgan fingerprint density at radius 2 is 1.21 bits per heavy atom. The molecule has 0 aromatic rings. The molecule has 0 aliphatic rings. The standard InChI is InChI=1S/C14H30/c1-7-10-14(5,6)12-9-11-13(3,4)8-2/h7-12H2,1-6H3. The Hall–Kier alpha value is 0. The van der Waals surface area contributed by atoms with Crippen molar-refractivity contribution < 1.29 is 0 Å². The van der Waals surface area contributed by atoms with E-state index in [9.17, 15) is 0 Å². The summed E-state index contributed by atoms with van der Waals surface area (Å²) < 4.78 is 0. The molecule has 86 valence electrons. The highest BCUT2D eigenvalue weighted by Gasteiger charge is 2.19. The predicted molar refractivity (Wildman–Crippen MR) is 66.6 cm³/mol. The van der Waals surface area contributed by atoms with Crippen LogP contribution in [-0.2, 0) is 0 Å². The summed E-state index contributed by atoms with van der Waals surface area (Å²) in [6, 6.07) is 0. The second kappa shape index (κ2) is 5.78. The van der Waals surface area contributed by atoms with Crippen molar-refractivity contribution in [2.45, 2.75) is 80.1 Å². The van der Waals surface area contributed by atoms with Crippen molar-refractivity contribution in [3.05, 3.63) is 0 Å². The zero-order valence-electron chi connectivity index (χ0n) is 11.2. The second-order valence-corrected chi connectivity index (χ2v) is 6.29. The van der Waals surface area contributed by atoms with E-state index in [1.165, 1.54) is 38.5 Å². The number of rotatable bonds is 7. The van der Waals surface area contributed by atoms with Crippen molar-refractivity contribution >= 4 is 0 Å². The van der Waals surface area contributed by atoms with Gasteiger partial charge in [-0.2, -0.15) is 0 Å². The average Bonchev–Trinajstić information content (AvgIpc) is 2.03. The zero-order valence-corrected chi connectivity index (χ0v) is 11.2. The molecule has 0 N–H and O–H groups in total. The minimum atomic E-state index is 0.558. The Labute approximate surface area is 91.5 Å². The summed E-state index contributed by atoms with van der Waals surface area (Å²) in [5.41, 5.74) is 1.13. The summed E-state index contributed by atoms with van der Waals surface area (Å²) in [6.07, 6.45) is 8.18. The van der Waals surface area contributed by atoms with Gasteiger partial charge in [-0.3, -0.25) is 0 Å². The Balaban J connectivity index is 3.73. The van der Waals surface area contributed by atoms with Crippen molar-refractivity contribution in [3.63, 3.8) is 0 Å². The molecule has 0 fully saturated rings. The van der Waals surface area contributed by atoms with Crippen molar-refractivity contribution in [1.29, 1.82) is 0 Å². The van der Waals surface area contributed by atoms with Crippen molar-refractivity contribution in [2.24, 2.45) is 10.8 Å². The van der Waals surface area contributed by atoms with E-state index < -0.39 is 0 Å². The molecule has 0 spiro atoms. The highest BCUT2D eigenvalue weighted by Crippen LogP contribution is 2.33. The van der Waals surface area contributed by atoms with Gasteiger partial charge in [0, 0.05) is 0 Å². The molecule has 0 nitrogen and oxygen atoms in total. The smallest absolute Gasteiger partial charge is 0.0354 e. The van der Waals surface area contributed by atoms with Crippen LogP contribution in [0.1, 0.15) is 80.1 Å². The third-order valence-corrected chi connectivity index (χ3v) is 3.59. The Kier molecular flexibility index (Phi) is 5.78. The Morgan fingerprint density at radius 1 is 0.714 bits per heavy atom. The molecular formula is C14H30. The van der Waals surface area contributed by atoms with Crippen molar-refractivity contribution in [3.8, 4) is 0 Å². The second-order valence-electron chi connectivity index (χ2n) is 6.29. The van der Waals surface area contributed by atoms with Gasteiger partial charge >= 0.3 is 0 Å². The first-order valence-electron chi connectivity index (χ1n) is 6.33. The topological polar surface area (TPSA) is 0 Å². The number of hydrogen-bond acceptors (Lipinski definition) is 0. The van der Waals surface area contributed by atoms with E-state index in [2.05, 4.69) is 41.5 Å². The van der Waals surface area contributed by atoms with Gasteiger partial charge in [0.2, 0.25) is 0 Å². The third kappa shape index (κ3) is 6.45. The fourth-order valence-corrected chi connectivity index (χ4v) is 2.02. The molecule has 0 saturated heterocycles. The minimum absolute atomic E-state index is 0.558. The van der Waals surface area contributed by atoms with Gasteiger partial charge in [0.15, 0.2) is 0 Å². The van der Waals surface area contributed by atoms with Gasteiger partial charge in [0.25, 0.3) is 0 Å². The van der Waals surface area contributed by atoms with Gasteiger partial charge in [0.05, 0.1) is 0 Å². The van der Waals surface area contributed by atoms with E-state index in [-0.39, 0.29) is 0 Å². The highest BCUT2D eigenvalue weighted by molar-refractivity contribution is 4.71. The van der Waals surface area contributed by atoms with Crippen LogP contribution in [0.25, 0.3) is 0 Å². The molecule has 0 bridgehead atoms. The van der Waals surface area contributed by atoms with Gasteiger partial charge in [-0.1, -0.05) is 60.8 Å². The summed E-state index contributed by atoms with van der Waals surface area (Å²) in [4.78, 5) is 0. The summed E-state index contributed by atoms with van der Waals surface area (Å²) in [5.74, 6) is 0. The highest BCUT2D eigenvalue weighted by atomic mass is 14.2. The van der Waals surface area contributed by atoms with Crippen molar-refractivity contribution in [1.82, 2.24) is 0 Å². The van der Waals surface area contributed by atoms with Crippen LogP contribution in [0.2, 0.25) is 0 Å². The summed E-state index contributed by atoms with van der Waals surface area (Å²) in [5, 5.41) is 0. The zero-order chi connectivity index (χ0) is 11.2. The molecule has 14 heavy (non-hydrogen) atoms. The molecule has 0 aliphatic carbocycles. The normalized spacial score (nSPS) is 13.3. The molecule has 0 rings (SSSR count). The molecule has 0 saturated carbocycles. The molecule has 0 unspecified atom stereocenters. The lowest BCUT2D eigenvalue weighted by Crippen LogP contribution is -2.14. The van der Waals surface area contributed by atoms with Crippen LogP contribution in [-0.4, -0.2) is 0 Å². The molecule has 0 heterocycles. The maximum Gasteiger partial charge on any atom is -0.0354 e. The van der Waals surface area contributed by atoms with Gasteiger partial charge in [-0.15, -0.1) is 0 Å². The van der Waals surface area contributed by atoms with Gasteiger partial charge in [-0.05, 0) is 30.1 Å². The van der Waals surface area contributed by atoms with Crippen LogP contribution in [0, 0.1) is 10.8 Å². The molecular weight excluding hydrogens is 168 g/mol. The quantitative estimate of drug-likeness (QED) is 0.512. The summed E-state index contributed by atoms with van der Waals surface area (Å²) >= 11 is 0. The monoisotopic (exact) mass is 198 g/mol. The molecule has 0 atom stereocenters. The van der Waals surface area contributed by atoms with Gasteiger partial charge < -0.3 is 0 Å². The lowest BCUT2D eigenvalue weighted by atomic mass is 9.78. The van der Waals surface area contributed by atoms with E-state index in [1.54, 1.807) is 0 Å². The number of hydrogen-bond donors (Lipinski definition) is 0. The maximum atomic E-state index is 2.41. The molecule has 0 aromatic carbocycles. The average molecular weight is 198 g/mol. The predicted octanol–water partition coefficient (Wildman–Crippen LogP) is 5.42. The van der Waals surface area contributed by atoms with Crippen LogP contribution in [0.5, 0.6) is 0 Å². The van der Waals surface area contributed by atoms with Crippen molar-refractivity contribution in [2.75, 3.05) is 0 Å². The first-order valence-corrected chi connectivity index (χ1v) is 6.33. The van der Waals surface area contributed by atoms with E-state index in [0.717, 1.165) is 0 Å². The van der Waals surface area contributed by atoms with E-state index in [4.69, 9.17) is 0 Å². The lowest BCUT2D eigenvalue weighted by Gasteiger charge is -2.27. The Bertz CT molecular complexity index is 142. The van der Waals surface area contributed by atoms with E-state index in [1.807, 2.05) is 0 Å².